The molecule has 1 saturated carbocycles. The second-order valence-electron chi connectivity index (χ2n) is 14.8. The van der Waals surface area contributed by atoms with Gasteiger partial charge in [-0.25, -0.2) is 0 Å². The van der Waals surface area contributed by atoms with Crippen LogP contribution in [0.3, 0.4) is 0 Å². The number of nitrogens with zero attached hydrogens (tertiary/aromatic N) is 1. The molecule has 2 aliphatic rings. The maximum Gasteiger partial charge on any atom is 0.305 e. The molecule has 7 nitrogen and oxygen atoms in total. The van der Waals surface area contributed by atoms with Crippen LogP contribution in [0.4, 0.5) is 0 Å². The van der Waals surface area contributed by atoms with Crippen LogP contribution >= 0.6 is 0 Å². The highest BCUT2D eigenvalue weighted by molar-refractivity contribution is 5.90. The summed E-state index contributed by atoms with van der Waals surface area (Å²) in [6.45, 7) is 7.35. The van der Waals surface area contributed by atoms with E-state index in [-0.39, 0.29) is 23.7 Å². The van der Waals surface area contributed by atoms with Crippen molar-refractivity contribution in [2.45, 2.75) is 89.8 Å². The lowest BCUT2D eigenvalue weighted by molar-refractivity contribution is -0.143. The minimum absolute atomic E-state index is 0.0324. The molecule has 0 aromatic heterocycles. The Morgan fingerprint density at radius 1 is 0.880 bits per heavy atom. The number of hydrogen-bond donors (Lipinski definition) is 2. The fraction of sp³-hybridized carbons (Fsp3) is 0.372. The third-order valence-electron chi connectivity index (χ3n) is 10.2. The third-order valence-corrected chi connectivity index (χ3v) is 10.2. The first-order valence-corrected chi connectivity index (χ1v) is 17.9. The van der Waals surface area contributed by atoms with E-state index < -0.39 is 18.1 Å². The zero-order valence-corrected chi connectivity index (χ0v) is 29.4. The molecule has 1 aliphatic heterocycles. The Morgan fingerprint density at radius 2 is 1.56 bits per heavy atom. The minimum Gasteiger partial charge on any atom is -0.489 e. The van der Waals surface area contributed by atoms with Crippen molar-refractivity contribution in [3.8, 4) is 16.9 Å². The number of rotatable bonds is 11. The molecular weight excluding hydrogens is 624 g/mol. The van der Waals surface area contributed by atoms with Crippen LogP contribution in [0.15, 0.2) is 97.1 Å². The number of aliphatic carboxylic acids is 1. The Balaban J connectivity index is 1.27. The molecule has 0 bridgehead atoms. The summed E-state index contributed by atoms with van der Waals surface area (Å²) in [5.41, 5.74) is 6.79. The van der Waals surface area contributed by atoms with Crippen molar-refractivity contribution in [1.82, 2.24) is 10.2 Å². The van der Waals surface area contributed by atoms with Gasteiger partial charge in [0, 0.05) is 13.0 Å². The lowest BCUT2D eigenvalue weighted by atomic mass is 9.87. The van der Waals surface area contributed by atoms with E-state index in [1.807, 2.05) is 72.8 Å². The minimum atomic E-state index is -1.02. The van der Waals surface area contributed by atoms with Gasteiger partial charge in [-0.2, -0.15) is 0 Å². The van der Waals surface area contributed by atoms with Gasteiger partial charge in [-0.3, -0.25) is 14.4 Å². The van der Waals surface area contributed by atoms with Crippen molar-refractivity contribution in [3.05, 3.63) is 125 Å². The van der Waals surface area contributed by atoms with Gasteiger partial charge in [0.15, 0.2) is 0 Å². The van der Waals surface area contributed by atoms with Crippen LogP contribution in [0.5, 0.6) is 5.75 Å². The zero-order valence-electron chi connectivity index (χ0n) is 29.4. The van der Waals surface area contributed by atoms with Gasteiger partial charge >= 0.3 is 5.97 Å². The first kappa shape index (κ1) is 34.9. The van der Waals surface area contributed by atoms with Crippen LogP contribution in [0.1, 0.15) is 99.2 Å². The molecule has 1 aliphatic carbocycles. The largest absolute Gasteiger partial charge is 0.489 e. The summed E-state index contributed by atoms with van der Waals surface area (Å²) >= 11 is 0. The summed E-state index contributed by atoms with van der Waals surface area (Å²) in [6, 6.07) is 30.1. The topological polar surface area (TPSA) is 95.9 Å². The number of carbonyl (C=O) groups is 3. The van der Waals surface area contributed by atoms with Crippen molar-refractivity contribution < 1.29 is 24.2 Å². The van der Waals surface area contributed by atoms with Gasteiger partial charge in [0.25, 0.3) is 0 Å². The van der Waals surface area contributed by atoms with E-state index >= 15 is 0 Å². The fourth-order valence-electron chi connectivity index (χ4n) is 7.30. The molecule has 2 atom stereocenters. The predicted molar refractivity (Wildman–Crippen MR) is 196 cm³/mol. The van der Waals surface area contributed by atoms with Crippen molar-refractivity contribution in [2.24, 2.45) is 5.92 Å². The molecular formula is C43H48N2O5. The van der Waals surface area contributed by atoms with E-state index in [0.29, 0.717) is 43.2 Å². The molecule has 0 radical (unpaired) electrons. The normalized spacial score (nSPS) is 16.8. The highest BCUT2D eigenvalue weighted by Gasteiger charge is 2.38. The first-order chi connectivity index (χ1) is 24.0. The molecule has 6 rings (SSSR count). The smallest absolute Gasteiger partial charge is 0.305 e. The Morgan fingerprint density at radius 3 is 2.22 bits per heavy atom. The molecule has 4 aromatic rings. The number of carbonyl (C=O) groups excluding carboxylic acids is 2. The average Bonchev–Trinajstić information content (AvgIpc) is 3.63. The Hall–Kier alpha value is -4.91. The van der Waals surface area contributed by atoms with E-state index in [4.69, 9.17) is 4.74 Å². The molecule has 1 fully saturated rings. The number of carboxylic acid groups (broad SMARTS) is 1. The van der Waals surface area contributed by atoms with Gasteiger partial charge in [0.05, 0.1) is 12.5 Å². The van der Waals surface area contributed by atoms with Gasteiger partial charge in [-0.15, -0.1) is 0 Å². The maximum atomic E-state index is 14.4. The molecule has 2 unspecified atom stereocenters. The summed E-state index contributed by atoms with van der Waals surface area (Å²) in [5.74, 6) is -0.499. The quantitative estimate of drug-likeness (QED) is 0.166. The summed E-state index contributed by atoms with van der Waals surface area (Å²) in [5, 5.41) is 12.9. The summed E-state index contributed by atoms with van der Waals surface area (Å²) in [6.07, 6.45) is 5.07. The number of hydrogen-bond acceptors (Lipinski definition) is 4. The van der Waals surface area contributed by atoms with Crippen LogP contribution in [0, 0.1) is 5.92 Å². The summed E-state index contributed by atoms with van der Waals surface area (Å²) < 4.78 is 6.25. The Bertz CT molecular complexity index is 1790. The average molecular weight is 673 g/mol. The van der Waals surface area contributed by atoms with Crippen molar-refractivity contribution >= 4 is 17.8 Å². The number of carboxylic acids is 1. The van der Waals surface area contributed by atoms with Crippen LogP contribution in [0.2, 0.25) is 0 Å². The summed E-state index contributed by atoms with van der Waals surface area (Å²) in [4.78, 5) is 42.1. The van der Waals surface area contributed by atoms with Gasteiger partial charge in [-0.05, 0) is 81.7 Å². The predicted octanol–water partition coefficient (Wildman–Crippen LogP) is 8.57. The van der Waals surface area contributed by atoms with Crippen LogP contribution in [-0.2, 0) is 32.8 Å². The molecule has 1 heterocycles. The lowest BCUT2D eigenvalue weighted by Gasteiger charge is -2.38. The number of nitrogens with one attached hydrogen (secondary N) is 1. The van der Waals surface area contributed by atoms with Crippen LogP contribution < -0.4 is 10.1 Å². The van der Waals surface area contributed by atoms with Crippen molar-refractivity contribution in [2.75, 3.05) is 6.54 Å². The van der Waals surface area contributed by atoms with E-state index in [9.17, 15) is 19.5 Å². The van der Waals surface area contributed by atoms with E-state index in [2.05, 4.69) is 50.4 Å². The molecule has 7 heteroatoms. The van der Waals surface area contributed by atoms with Gasteiger partial charge in [0.1, 0.15) is 18.4 Å². The first-order valence-electron chi connectivity index (χ1n) is 17.9. The second kappa shape index (κ2) is 15.3. The lowest BCUT2D eigenvalue weighted by Crippen LogP contribution is -2.48. The van der Waals surface area contributed by atoms with Crippen molar-refractivity contribution in [3.63, 3.8) is 0 Å². The molecule has 50 heavy (non-hydrogen) atoms. The molecule has 2 N–H and O–H groups in total. The van der Waals surface area contributed by atoms with E-state index in [1.165, 1.54) is 5.56 Å². The maximum absolute atomic E-state index is 14.4. The van der Waals surface area contributed by atoms with E-state index in [0.717, 1.165) is 53.5 Å². The molecule has 260 valence electrons. The highest BCUT2D eigenvalue weighted by Crippen LogP contribution is 2.36. The molecule has 0 saturated heterocycles. The van der Waals surface area contributed by atoms with Crippen LogP contribution in [-0.4, -0.2) is 34.3 Å². The number of amides is 2. The van der Waals surface area contributed by atoms with E-state index in [1.54, 1.807) is 4.90 Å². The molecule has 0 spiro atoms. The monoisotopic (exact) mass is 672 g/mol. The fourth-order valence-corrected chi connectivity index (χ4v) is 7.30. The highest BCUT2D eigenvalue weighted by atomic mass is 16.5. The van der Waals surface area contributed by atoms with Crippen molar-refractivity contribution in [1.29, 1.82) is 0 Å². The number of ether oxygens (including phenoxy) is 1. The number of fused-ring (bicyclic) bond motifs is 1. The van der Waals surface area contributed by atoms with Crippen LogP contribution in [0.25, 0.3) is 11.1 Å². The Kier molecular flexibility index (Phi) is 10.7. The second-order valence-corrected chi connectivity index (χ2v) is 14.8. The Labute approximate surface area is 295 Å². The molecule has 2 amide bonds. The van der Waals surface area contributed by atoms with Gasteiger partial charge in [-0.1, -0.05) is 119 Å². The standard InChI is InChI=1S/C43H48N2O5/c1-43(2,3)35-20-13-30(14-21-35)28-50-36-22-19-33-23-24-45(39(46)25-29-9-7-8-10-29)41(37(33)26-36)42(49)44-38(27-40(47)48)34-17-15-32(16-18-34)31-11-5-4-6-12-31/h4-6,11-22,26,29,38,41H,7-10,23-25,27-28H2,1-3H3,(H,44,49)(H,47,48). The van der Waals surface area contributed by atoms with Gasteiger partial charge in [0.2, 0.25) is 11.8 Å². The molecule has 4 aromatic carbocycles. The number of benzene rings is 4. The third kappa shape index (κ3) is 8.44. The zero-order chi connectivity index (χ0) is 35.3. The summed E-state index contributed by atoms with van der Waals surface area (Å²) in [7, 11) is 0. The SMILES string of the molecule is CC(C)(C)c1ccc(COc2ccc3c(c2)C(C(=O)NC(CC(=O)O)c2ccc(-c4ccccc4)cc2)N(C(=O)CC2CCCC2)CC3)cc1. The van der Waals surface area contributed by atoms with Gasteiger partial charge < -0.3 is 20.1 Å².